The lowest BCUT2D eigenvalue weighted by molar-refractivity contribution is 0.0847. The lowest BCUT2D eigenvalue weighted by Gasteiger charge is -2.09. The van der Waals surface area contributed by atoms with E-state index in [4.69, 9.17) is 0 Å². The first-order chi connectivity index (χ1) is 12.9. The topological polar surface area (TPSA) is 113 Å². The molecule has 0 saturated carbocycles. The predicted octanol–water partition coefficient (Wildman–Crippen LogP) is 1.55. The number of aromatic nitrogens is 2. The number of aromatic amines is 1. The highest BCUT2D eigenvalue weighted by atomic mass is 79.9. The molecule has 0 aliphatic heterocycles. The molecule has 0 fully saturated rings. The molecule has 2 aromatic carbocycles. The minimum atomic E-state index is -0.581. The summed E-state index contributed by atoms with van der Waals surface area (Å²) in [7, 11) is 0. The number of hydrogen-bond acceptors (Lipinski definition) is 4. The van der Waals surface area contributed by atoms with Gasteiger partial charge in [0, 0.05) is 22.1 Å². The van der Waals surface area contributed by atoms with Crippen molar-refractivity contribution in [3.8, 4) is 0 Å². The summed E-state index contributed by atoms with van der Waals surface area (Å²) in [5.41, 5.74) is 4.46. The van der Waals surface area contributed by atoms with Crippen LogP contribution in [0.2, 0.25) is 0 Å². The van der Waals surface area contributed by atoms with Crippen LogP contribution in [0.1, 0.15) is 27.6 Å². The summed E-state index contributed by atoms with van der Waals surface area (Å²) >= 11 is 3.28. The number of nitrogens with zero attached hydrogens (tertiary/aromatic N) is 1. The van der Waals surface area contributed by atoms with Crippen LogP contribution in [0.15, 0.2) is 56.5 Å². The molecule has 2 amide bonds. The standard InChI is InChI=1S/C18H15BrN4O4/c1-2-23-17(26)13-8-5-11(9-14(13)20-18(23)27)16(25)22-21-15(24)10-3-6-12(19)7-4-10/h3-9H,2H2,1H3,(H,20,27)(H,21,24)(H,22,25). The number of carbonyl (C=O) groups excluding carboxylic acids is 2. The van der Waals surface area contributed by atoms with Crippen LogP contribution in [-0.4, -0.2) is 21.4 Å². The van der Waals surface area contributed by atoms with Crippen LogP contribution in [-0.2, 0) is 6.54 Å². The second kappa shape index (κ2) is 7.58. The van der Waals surface area contributed by atoms with E-state index >= 15 is 0 Å². The normalized spacial score (nSPS) is 10.6. The van der Waals surface area contributed by atoms with Gasteiger partial charge in [0.25, 0.3) is 17.4 Å². The smallest absolute Gasteiger partial charge is 0.307 e. The van der Waals surface area contributed by atoms with Gasteiger partial charge in [0.1, 0.15) is 0 Å². The first-order valence-electron chi connectivity index (χ1n) is 8.04. The zero-order chi connectivity index (χ0) is 19.6. The van der Waals surface area contributed by atoms with E-state index < -0.39 is 23.1 Å². The summed E-state index contributed by atoms with van der Waals surface area (Å²) < 4.78 is 1.90. The summed E-state index contributed by atoms with van der Waals surface area (Å²) in [6.45, 7) is 1.94. The van der Waals surface area contributed by atoms with E-state index in [0.717, 1.165) is 9.04 Å². The van der Waals surface area contributed by atoms with Crippen LogP contribution >= 0.6 is 15.9 Å². The van der Waals surface area contributed by atoms with Crippen LogP contribution < -0.4 is 22.1 Å². The van der Waals surface area contributed by atoms with Crippen molar-refractivity contribution < 1.29 is 9.59 Å². The van der Waals surface area contributed by atoms with Crippen molar-refractivity contribution in [1.29, 1.82) is 0 Å². The van der Waals surface area contributed by atoms with Gasteiger partial charge in [-0.15, -0.1) is 0 Å². The first-order valence-corrected chi connectivity index (χ1v) is 8.83. The Bertz CT molecular complexity index is 1150. The third-order valence-corrected chi connectivity index (χ3v) is 4.48. The van der Waals surface area contributed by atoms with Gasteiger partial charge in [-0.1, -0.05) is 15.9 Å². The maximum atomic E-state index is 12.3. The SMILES string of the molecule is CCn1c(=O)[nH]c2cc(C(=O)NNC(=O)c3ccc(Br)cc3)ccc2c1=O. The van der Waals surface area contributed by atoms with Gasteiger partial charge in [-0.2, -0.15) is 0 Å². The Morgan fingerprint density at radius 1 is 1.00 bits per heavy atom. The van der Waals surface area contributed by atoms with Crippen molar-refractivity contribution >= 4 is 38.6 Å². The molecule has 3 aromatic rings. The predicted molar refractivity (Wildman–Crippen MR) is 104 cm³/mol. The van der Waals surface area contributed by atoms with E-state index in [1.807, 2.05) is 0 Å². The van der Waals surface area contributed by atoms with Crippen LogP contribution in [0, 0.1) is 0 Å². The Labute approximate surface area is 161 Å². The largest absolute Gasteiger partial charge is 0.328 e. The molecule has 0 radical (unpaired) electrons. The summed E-state index contributed by atoms with van der Waals surface area (Å²) in [6, 6.07) is 10.9. The second-order valence-electron chi connectivity index (χ2n) is 5.66. The molecule has 3 rings (SSSR count). The fourth-order valence-corrected chi connectivity index (χ4v) is 2.81. The molecule has 0 aliphatic rings. The highest BCUT2D eigenvalue weighted by Crippen LogP contribution is 2.11. The van der Waals surface area contributed by atoms with E-state index in [1.165, 1.54) is 18.2 Å². The number of nitrogens with one attached hydrogen (secondary N) is 3. The number of fused-ring (bicyclic) bond motifs is 1. The van der Waals surface area contributed by atoms with Crippen molar-refractivity contribution in [3.63, 3.8) is 0 Å². The molecule has 9 heteroatoms. The summed E-state index contributed by atoms with van der Waals surface area (Å²) in [5, 5.41) is 0.298. The molecular weight excluding hydrogens is 416 g/mol. The maximum absolute atomic E-state index is 12.3. The summed E-state index contributed by atoms with van der Waals surface area (Å²) in [5.74, 6) is -1.06. The monoisotopic (exact) mass is 430 g/mol. The molecule has 27 heavy (non-hydrogen) atoms. The van der Waals surface area contributed by atoms with Crippen molar-refractivity contribution in [2.75, 3.05) is 0 Å². The van der Waals surface area contributed by atoms with Crippen molar-refractivity contribution in [2.24, 2.45) is 0 Å². The highest BCUT2D eigenvalue weighted by Gasteiger charge is 2.12. The third-order valence-electron chi connectivity index (χ3n) is 3.96. The van der Waals surface area contributed by atoms with Gasteiger partial charge >= 0.3 is 5.69 Å². The van der Waals surface area contributed by atoms with Crippen LogP contribution in [0.5, 0.6) is 0 Å². The molecule has 1 aromatic heterocycles. The van der Waals surface area contributed by atoms with Gasteiger partial charge in [0.05, 0.1) is 10.9 Å². The lowest BCUT2D eigenvalue weighted by atomic mass is 10.1. The molecule has 0 atom stereocenters. The minimum Gasteiger partial charge on any atom is -0.307 e. The van der Waals surface area contributed by atoms with Gasteiger partial charge in [-0.25, -0.2) is 4.79 Å². The Morgan fingerprint density at radius 2 is 1.59 bits per heavy atom. The molecule has 8 nitrogen and oxygen atoms in total. The Hall–Kier alpha value is -3.20. The quantitative estimate of drug-likeness (QED) is 0.546. The van der Waals surface area contributed by atoms with E-state index in [0.29, 0.717) is 10.9 Å². The highest BCUT2D eigenvalue weighted by molar-refractivity contribution is 9.10. The average Bonchev–Trinajstić information content (AvgIpc) is 2.66. The number of halogens is 1. The molecule has 0 aliphatic carbocycles. The number of hydrogen-bond donors (Lipinski definition) is 3. The van der Waals surface area contributed by atoms with E-state index in [-0.39, 0.29) is 17.6 Å². The number of carbonyl (C=O) groups is 2. The molecule has 3 N–H and O–H groups in total. The molecule has 1 heterocycles. The number of hydrazine groups is 1. The van der Waals surface area contributed by atoms with Crippen LogP contribution in [0.3, 0.4) is 0 Å². The third kappa shape index (κ3) is 3.82. The number of rotatable bonds is 3. The fraction of sp³-hybridized carbons (Fsp3) is 0.111. The molecular formula is C18H15BrN4O4. The van der Waals surface area contributed by atoms with Gasteiger partial charge in [-0.3, -0.25) is 29.8 Å². The Balaban J connectivity index is 1.79. The van der Waals surface area contributed by atoms with Crippen LogP contribution in [0.25, 0.3) is 10.9 Å². The zero-order valence-corrected chi connectivity index (χ0v) is 15.8. The summed E-state index contributed by atoms with van der Waals surface area (Å²) in [4.78, 5) is 51.0. The van der Waals surface area contributed by atoms with Crippen molar-refractivity contribution in [1.82, 2.24) is 20.4 Å². The molecule has 138 valence electrons. The van der Waals surface area contributed by atoms with Gasteiger partial charge in [0.15, 0.2) is 0 Å². The summed E-state index contributed by atoms with van der Waals surface area (Å²) in [6.07, 6.45) is 0. The number of amides is 2. The second-order valence-corrected chi connectivity index (χ2v) is 6.57. The Kier molecular flexibility index (Phi) is 5.22. The minimum absolute atomic E-state index is 0.183. The zero-order valence-electron chi connectivity index (χ0n) is 14.2. The van der Waals surface area contributed by atoms with Gasteiger partial charge in [-0.05, 0) is 49.4 Å². The molecule has 0 saturated heterocycles. The van der Waals surface area contributed by atoms with E-state index in [9.17, 15) is 19.2 Å². The maximum Gasteiger partial charge on any atom is 0.328 e. The van der Waals surface area contributed by atoms with Gasteiger partial charge < -0.3 is 4.98 Å². The molecule has 0 spiro atoms. The fourth-order valence-electron chi connectivity index (χ4n) is 2.54. The molecule has 0 bridgehead atoms. The number of benzene rings is 2. The van der Waals surface area contributed by atoms with Crippen molar-refractivity contribution in [3.05, 3.63) is 78.9 Å². The van der Waals surface area contributed by atoms with E-state index in [2.05, 4.69) is 31.8 Å². The first kappa shape index (κ1) is 18.6. The van der Waals surface area contributed by atoms with E-state index in [1.54, 1.807) is 31.2 Å². The molecule has 0 unspecified atom stereocenters. The Morgan fingerprint density at radius 3 is 2.22 bits per heavy atom. The van der Waals surface area contributed by atoms with Crippen LogP contribution in [0.4, 0.5) is 0 Å². The average molecular weight is 431 g/mol. The number of H-pyrrole nitrogens is 1. The lowest BCUT2D eigenvalue weighted by Crippen LogP contribution is -2.41. The van der Waals surface area contributed by atoms with Gasteiger partial charge in [0.2, 0.25) is 0 Å². The van der Waals surface area contributed by atoms with Crippen molar-refractivity contribution in [2.45, 2.75) is 13.5 Å².